The van der Waals surface area contributed by atoms with Gasteiger partial charge in [-0.05, 0) is 5.56 Å². The second-order valence-corrected chi connectivity index (χ2v) is 5.90. The summed E-state index contributed by atoms with van der Waals surface area (Å²) in [6.45, 7) is 0. The van der Waals surface area contributed by atoms with E-state index in [4.69, 9.17) is 1.37 Å². The first kappa shape index (κ1) is 7.31. The summed E-state index contributed by atoms with van der Waals surface area (Å²) in [5.41, 5.74) is -0.770. The van der Waals surface area contributed by atoms with Crippen molar-refractivity contribution in [2.75, 3.05) is 0 Å². The SMILES string of the molecule is [2H][C@H](c1ccccc1)S(=O)(=O)Br. The Morgan fingerprint density at radius 1 is 1.36 bits per heavy atom. The summed E-state index contributed by atoms with van der Waals surface area (Å²) in [4.78, 5) is 0. The molecule has 1 aromatic rings. The van der Waals surface area contributed by atoms with Gasteiger partial charge in [0.1, 0.15) is 0 Å². The molecule has 0 saturated heterocycles. The van der Waals surface area contributed by atoms with E-state index in [0.29, 0.717) is 5.56 Å². The molecule has 0 fully saturated rings. The Kier molecular flexibility index (Phi) is 2.23. The van der Waals surface area contributed by atoms with Crippen LogP contribution < -0.4 is 0 Å². The van der Waals surface area contributed by atoms with Gasteiger partial charge in [0.05, 0.1) is 20.5 Å². The van der Waals surface area contributed by atoms with Crippen LogP contribution in [-0.2, 0) is 14.0 Å². The minimum atomic E-state index is -3.48. The molecule has 1 aromatic carbocycles. The highest BCUT2D eigenvalue weighted by Gasteiger charge is 2.04. The Balaban J connectivity index is 3.02. The van der Waals surface area contributed by atoms with Crippen LogP contribution in [0.2, 0.25) is 0 Å². The fourth-order valence-corrected chi connectivity index (χ4v) is 1.82. The third-order valence-electron chi connectivity index (χ3n) is 1.08. The number of hydrogen-bond acceptors (Lipinski definition) is 2. The first-order valence-electron chi connectivity index (χ1n) is 3.50. The number of halogens is 1. The van der Waals surface area contributed by atoms with Crippen molar-refractivity contribution in [1.29, 1.82) is 0 Å². The summed E-state index contributed by atoms with van der Waals surface area (Å²) in [6, 6.07) is 8.40. The van der Waals surface area contributed by atoms with Gasteiger partial charge in [0.15, 0.2) is 0 Å². The molecule has 4 heteroatoms. The van der Waals surface area contributed by atoms with Gasteiger partial charge in [-0.15, -0.1) is 0 Å². The minimum absolute atomic E-state index is 0.467. The molecular formula is C7H7BrO2S. The molecule has 1 rings (SSSR count). The van der Waals surface area contributed by atoms with E-state index in [-0.39, 0.29) is 0 Å². The molecule has 11 heavy (non-hydrogen) atoms. The average molecular weight is 236 g/mol. The third-order valence-corrected chi connectivity index (χ3v) is 2.19. The number of hydrogen-bond donors (Lipinski definition) is 0. The summed E-state index contributed by atoms with van der Waals surface area (Å²) < 4.78 is 29.1. The van der Waals surface area contributed by atoms with E-state index in [9.17, 15) is 8.42 Å². The first-order valence-corrected chi connectivity index (χ1v) is 6.31. The highest BCUT2D eigenvalue weighted by Crippen LogP contribution is 2.10. The molecule has 2 nitrogen and oxygen atoms in total. The predicted molar refractivity (Wildman–Crippen MR) is 48.0 cm³/mol. The van der Waals surface area contributed by atoms with Crippen LogP contribution in [0.5, 0.6) is 0 Å². The lowest BCUT2D eigenvalue weighted by Crippen LogP contribution is -1.93. The molecule has 0 aromatic heterocycles. The van der Waals surface area contributed by atoms with Crippen molar-refractivity contribution in [3.8, 4) is 0 Å². The summed E-state index contributed by atoms with van der Waals surface area (Å²) >= 11 is 2.47. The van der Waals surface area contributed by atoms with Crippen LogP contribution in [0.25, 0.3) is 0 Å². The van der Waals surface area contributed by atoms with Gasteiger partial charge in [-0.1, -0.05) is 30.3 Å². The summed E-state index contributed by atoms with van der Waals surface area (Å²) in [6.07, 6.45) is 0. The Labute approximate surface area is 74.8 Å². The Hall–Kier alpha value is -0.350. The fraction of sp³-hybridized carbons (Fsp3) is 0.143. The molecule has 0 N–H and O–H groups in total. The standard InChI is InChI=1S/C7H7BrO2S/c8-11(9,10)6-7-4-2-1-3-5-7/h1-5H,6H2/i6D/t6-/m1/s1. The zero-order valence-corrected chi connectivity index (χ0v) is 7.97. The van der Waals surface area contributed by atoms with Gasteiger partial charge in [-0.2, -0.15) is 0 Å². The molecular weight excluding hydrogens is 228 g/mol. The van der Waals surface area contributed by atoms with E-state index in [0.717, 1.165) is 0 Å². The molecule has 0 unspecified atom stereocenters. The number of rotatable bonds is 2. The van der Waals surface area contributed by atoms with E-state index in [2.05, 4.69) is 14.8 Å². The topological polar surface area (TPSA) is 34.1 Å². The van der Waals surface area contributed by atoms with E-state index in [1.54, 1.807) is 30.3 Å². The zero-order valence-electron chi connectivity index (χ0n) is 6.57. The molecule has 0 aliphatic rings. The van der Waals surface area contributed by atoms with Crippen molar-refractivity contribution in [2.24, 2.45) is 0 Å². The smallest absolute Gasteiger partial charge is 0.213 e. The van der Waals surface area contributed by atoms with Gasteiger partial charge in [0, 0.05) is 1.37 Å². The van der Waals surface area contributed by atoms with Crippen LogP contribution in [0.15, 0.2) is 30.3 Å². The van der Waals surface area contributed by atoms with Crippen LogP contribution in [0, 0.1) is 0 Å². The lowest BCUT2D eigenvalue weighted by Gasteiger charge is -1.94. The quantitative estimate of drug-likeness (QED) is 0.735. The van der Waals surface area contributed by atoms with E-state index in [1.165, 1.54) is 0 Å². The van der Waals surface area contributed by atoms with Gasteiger partial charge < -0.3 is 0 Å². The van der Waals surface area contributed by atoms with Crippen LogP contribution >= 0.6 is 14.8 Å². The molecule has 0 saturated carbocycles. The van der Waals surface area contributed by atoms with Crippen LogP contribution in [0.3, 0.4) is 0 Å². The maximum absolute atomic E-state index is 10.9. The van der Waals surface area contributed by atoms with Crippen molar-refractivity contribution >= 4 is 23.1 Å². The largest absolute Gasteiger partial charge is 0.217 e. The highest BCUT2D eigenvalue weighted by atomic mass is 79.9. The van der Waals surface area contributed by atoms with Gasteiger partial charge in [0.2, 0.25) is 8.27 Å². The normalized spacial score (nSPS) is 15.5. The maximum atomic E-state index is 10.9. The molecule has 0 amide bonds. The molecule has 1 atom stereocenters. The van der Waals surface area contributed by atoms with Crippen molar-refractivity contribution in [3.63, 3.8) is 0 Å². The second-order valence-electron chi connectivity index (χ2n) is 2.00. The third kappa shape index (κ3) is 3.53. The summed E-state index contributed by atoms with van der Waals surface area (Å²) in [5, 5.41) is 0. The van der Waals surface area contributed by atoms with Crippen LogP contribution in [-0.4, -0.2) is 8.42 Å². The maximum Gasteiger partial charge on any atom is 0.213 e. The molecule has 0 aliphatic carbocycles. The van der Waals surface area contributed by atoms with Gasteiger partial charge in [0.25, 0.3) is 0 Å². The monoisotopic (exact) mass is 235 g/mol. The Morgan fingerprint density at radius 2 is 1.91 bits per heavy atom. The summed E-state index contributed by atoms with van der Waals surface area (Å²) in [7, 11) is -3.48. The van der Waals surface area contributed by atoms with Crippen molar-refractivity contribution < 1.29 is 9.79 Å². The van der Waals surface area contributed by atoms with Crippen molar-refractivity contribution in [3.05, 3.63) is 35.9 Å². The minimum Gasteiger partial charge on any atom is -0.217 e. The molecule has 60 valence electrons. The average Bonchev–Trinajstić information content (AvgIpc) is 2.03. The molecule has 0 spiro atoms. The first-order chi connectivity index (χ1) is 5.52. The van der Waals surface area contributed by atoms with Gasteiger partial charge >= 0.3 is 0 Å². The van der Waals surface area contributed by atoms with E-state index >= 15 is 0 Å². The van der Waals surface area contributed by atoms with Gasteiger partial charge in [-0.25, -0.2) is 8.42 Å². The predicted octanol–water partition coefficient (Wildman–Crippen LogP) is 1.91. The van der Waals surface area contributed by atoms with Crippen molar-refractivity contribution in [1.82, 2.24) is 0 Å². The van der Waals surface area contributed by atoms with E-state index in [1.807, 2.05) is 0 Å². The molecule has 0 radical (unpaired) electrons. The number of benzene rings is 1. The Bertz CT molecular complexity index is 349. The van der Waals surface area contributed by atoms with Crippen LogP contribution in [0.1, 0.15) is 6.93 Å². The second kappa shape index (κ2) is 3.36. The van der Waals surface area contributed by atoms with Gasteiger partial charge in [-0.3, -0.25) is 0 Å². The molecule has 0 heterocycles. The lowest BCUT2D eigenvalue weighted by molar-refractivity contribution is 0.611. The summed E-state index contributed by atoms with van der Waals surface area (Å²) in [5.74, 6) is 0. The van der Waals surface area contributed by atoms with Crippen molar-refractivity contribution in [2.45, 2.75) is 5.73 Å². The molecule has 0 bridgehead atoms. The van der Waals surface area contributed by atoms with Crippen LogP contribution in [0.4, 0.5) is 0 Å². The molecule has 0 aliphatic heterocycles. The van der Waals surface area contributed by atoms with E-state index < -0.39 is 14.0 Å². The zero-order chi connectivity index (χ0) is 9.19. The fourth-order valence-electron chi connectivity index (χ4n) is 0.694. The lowest BCUT2D eigenvalue weighted by atomic mass is 10.2. The Morgan fingerprint density at radius 3 is 2.36 bits per heavy atom. The highest BCUT2D eigenvalue weighted by molar-refractivity contribution is 9.47.